The predicted molar refractivity (Wildman–Crippen MR) is 93.3 cm³/mol. The van der Waals surface area contributed by atoms with Crippen molar-refractivity contribution in [1.29, 1.82) is 0 Å². The van der Waals surface area contributed by atoms with E-state index in [4.69, 9.17) is 4.74 Å². The number of esters is 1. The molecule has 1 atom stereocenters. The average Bonchev–Trinajstić information content (AvgIpc) is 3.21. The van der Waals surface area contributed by atoms with Crippen LogP contribution in [0.4, 0.5) is 0 Å². The molecule has 1 aromatic rings. The number of methoxy groups -OCH3 is 1. The summed E-state index contributed by atoms with van der Waals surface area (Å²) in [4.78, 5) is 41.5. The smallest absolute Gasteiger partial charge is 0.330 e. The number of hydrogen-bond donors (Lipinski definition) is 1. The first-order valence-corrected chi connectivity index (χ1v) is 9.41. The van der Waals surface area contributed by atoms with Gasteiger partial charge in [0.05, 0.1) is 18.5 Å². The number of nitrogens with one attached hydrogen (secondary N) is 1. The Bertz CT molecular complexity index is 628. The number of amides is 2. The van der Waals surface area contributed by atoms with Gasteiger partial charge in [0, 0.05) is 19.0 Å². The van der Waals surface area contributed by atoms with Crippen LogP contribution >= 0.6 is 11.3 Å². The van der Waals surface area contributed by atoms with E-state index in [1.54, 1.807) is 11.0 Å². The lowest BCUT2D eigenvalue weighted by molar-refractivity contribution is -0.151. The van der Waals surface area contributed by atoms with E-state index >= 15 is 0 Å². The second-order valence-corrected chi connectivity index (χ2v) is 7.27. The maximum atomic E-state index is 12.8. The normalized spacial score (nSPS) is 21.9. The van der Waals surface area contributed by atoms with Crippen LogP contribution in [0.2, 0.25) is 0 Å². The maximum absolute atomic E-state index is 12.8. The number of rotatable bonds is 3. The van der Waals surface area contributed by atoms with E-state index in [0.29, 0.717) is 18.0 Å². The summed E-state index contributed by atoms with van der Waals surface area (Å²) in [5.74, 6) is -0.579. The van der Waals surface area contributed by atoms with E-state index in [1.165, 1.54) is 23.3 Å². The average molecular weight is 365 g/mol. The van der Waals surface area contributed by atoms with Crippen LogP contribution in [0.25, 0.3) is 0 Å². The van der Waals surface area contributed by atoms with Gasteiger partial charge in [-0.25, -0.2) is 4.79 Å². The number of nitrogens with zero attached hydrogens (tertiary/aromatic N) is 2. The number of ether oxygens (including phenoxy) is 1. The van der Waals surface area contributed by atoms with Gasteiger partial charge in [-0.3, -0.25) is 9.59 Å². The van der Waals surface area contributed by atoms with Gasteiger partial charge in [-0.05, 0) is 37.4 Å². The Balaban J connectivity index is 1.72. The molecule has 1 unspecified atom stereocenters. The molecule has 0 spiro atoms. The SMILES string of the molecule is COC(=O)C1CN(C(=O)C2CCNCC2)CCN1C(=O)c1cccs1. The van der Waals surface area contributed by atoms with Crippen LogP contribution in [-0.4, -0.2) is 73.5 Å². The van der Waals surface area contributed by atoms with Crippen LogP contribution in [-0.2, 0) is 14.3 Å². The van der Waals surface area contributed by atoms with Crippen molar-refractivity contribution in [3.8, 4) is 0 Å². The van der Waals surface area contributed by atoms with Gasteiger partial charge >= 0.3 is 5.97 Å². The van der Waals surface area contributed by atoms with Gasteiger partial charge in [-0.1, -0.05) is 6.07 Å². The van der Waals surface area contributed by atoms with Gasteiger partial charge in [0.15, 0.2) is 0 Å². The van der Waals surface area contributed by atoms with Gasteiger partial charge in [0.2, 0.25) is 5.91 Å². The molecule has 0 radical (unpaired) electrons. The molecule has 3 heterocycles. The standard InChI is InChI=1S/C17H23N3O4S/c1-24-17(23)13-11-19(15(21)12-4-6-18-7-5-12)8-9-20(13)16(22)14-3-2-10-25-14/h2-3,10,12-13,18H,4-9,11H2,1H3. The van der Waals surface area contributed by atoms with Crippen LogP contribution < -0.4 is 5.32 Å². The van der Waals surface area contributed by atoms with Crippen molar-refractivity contribution in [1.82, 2.24) is 15.1 Å². The van der Waals surface area contributed by atoms with Gasteiger partial charge < -0.3 is 19.9 Å². The highest BCUT2D eigenvalue weighted by Crippen LogP contribution is 2.22. The summed E-state index contributed by atoms with van der Waals surface area (Å²) < 4.78 is 4.88. The maximum Gasteiger partial charge on any atom is 0.330 e. The summed E-state index contributed by atoms with van der Waals surface area (Å²) in [5.41, 5.74) is 0. The molecule has 8 heteroatoms. The fourth-order valence-corrected chi connectivity index (χ4v) is 4.11. The van der Waals surface area contributed by atoms with Crippen molar-refractivity contribution in [2.45, 2.75) is 18.9 Å². The summed E-state index contributed by atoms with van der Waals surface area (Å²) in [7, 11) is 1.31. The summed E-state index contributed by atoms with van der Waals surface area (Å²) in [6.45, 7) is 2.68. The Hall–Kier alpha value is -1.93. The molecule has 3 rings (SSSR count). The first kappa shape index (κ1) is 17.9. The zero-order valence-electron chi connectivity index (χ0n) is 14.3. The Kier molecular flexibility index (Phi) is 5.70. The molecule has 136 valence electrons. The van der Waals surface area contributed by atoms with E-state index in [1.807, 2.05) is 11.4 Å². The number of hydrogen-bond acceptors (Lipinski definition) is 6. The second kappa shape index (κ2) is 7.97. The highest BCUT2D eigenvalue weighted by Gasteiger charge is 2.39. The third kappa shape index (κ3) is 3.85. The molecule has 2 saturated heterocycles. The highest BCUT2D eigenvalue weighted by atomic mass is 32.1. The van der Waals surface area contributed by atoms with E-state index in [9.17, 15) is 14.4 Å². The van der Waals surface area contributed by atoms with E-state index < -0.39 is 12.0 Å². The number of carbonyl (C=O) groups excluding carboxylic acids is 3. The van der Waals surface area contributed by atoms with Crippen LogP contribution in [0.5, 0.6) is 0 Å². The van der Waals surface area contributed by atoms with Crippen molar-refractivity contribution in [3.05, 3.63) is 22.4 Å². The molecule has 1 N–H and O–H groups in total. The van der Waals surface area contributed by atoms with Gasteiger partial charge in [-0.2, -0.15) is 0 Å². The van der Waals surface area contributed by atoms with Crippen molar-refractivity contribution in [2.75, 3.05) is 39.8 Å². The van der Waals surface area contributed by atoms with Gasteiger partial charge in [0.25, 0.3) is 5.91 Å². The summed E-state index contributed by atoms with van der Waals surface area (Å²) in [6, 6.07) is 2.80. The largest absolute Gasteiger partial charge is 0.467 e. The molecule has 7 nitrogen and oxygen atoms in total. The number of thiophene rings is 1. The highest BCUT2D eigenvalue weighted by molar-refractivity contribution is 7.12. The fraction of sp³-hybridized carbons (Fsp3) is 0.588. The summed E-state index contributed by atoms with van der Waals surface area (Å²) >= 11 is 1.35. The Morgan fingerprint density at radius 3 is 2.64 bits per heavy atom. The lowest BCUT2D eigenvalue weighted by Gasteiger charge is -2.41. The van der Waals surface area contributed by atoms with Crippen molar-refractivity contribution in [2.24, 2.45) is 5.92 Å². The molecular formula is C17H23N3O4S. The Morgan fingerprint density at radius 1 is 1.24 bits per heavy atom. The monoisotopic (exact) mass is 365 g/mol. The fourth-order valence-electron chi connectivity index (χ4n) is 3.43. The zero-order valence-corrected chi connectivity index (χ0v) is 15.1. The number of carbonyl (C=O) groups is 3. The van der Waals surface area contributed by atoms with E-state index in [-0.39, 0.29) is 24.3 Å². The summed E-state index contributed by atoms with van der Waals surface area (Å²) in [5, 5.41) is 5.08. The van der Waals surface area contributed by atoms with Crippen LogP contribution in [0, 0.1) is 5.92 Å². The third-order valence-electron chi connectivity index (χ3n) is 4.85. The molecule has 0 saturated carbocycles. The zero-order chi connectivity index (χ0) is 17.8. The van der Waals surface area contributed by atoms with E-state index in [0.717, 1.165) is 25.9 Å². The summed E-state index contributed by atoms with van der Waals surface area (Å²) in [6.07, 6.45) is 1.63. The number of piperazine rings is 1. The molecule has 2 amide bonds. The first-order chi connectivity index (χ1) is 12.1. The molecular weight excluding hydrogens is 342 g/mol. The topological polar surface area (TPSA) is 79.0 Å². The molecule has 0 aromatic carbocycles. The van der Waals surface area contributed by atoms with Crippen molar-refractivity contribution >= 4 is 29.1 Å². The quantitative estimate of drug-likeness (QED) is 0.793. The van der Waals surface area contributed by atoms with Crippen LogP contribution in [0.15, 0.2) is 17.5 Å². The molecule has 1 aromatic heterocycles. The first-order valence-electron chi connectivity index (χ1n) is 8.53. The van der Waals surface area contributed by atoms with Crippen LogP contribution in [0.1, 0.15) is 22.5 Å². The van der Waals surface area contributed by atoms with Crippen LogP contribution in [0.3, 0.4) is 0 Å². The molecule has 2 aliphatic heterocycles. The van der Waals surface area contributed by atoms with Gasteiger partial charge in [0.1, 0.15) is 6.04 Å². The minimum Gasteiger partial charge on any atom is -0.467 e. The molecule has 25 heavy (non-hydrogen) atoms. The third-order valence-corrected chi connectivity index (χ3v) is 5.70. The van der Waals surface area contributed by atoms with E-state index in [2.05, 4.69) is 5.32 Å². The Morgan fingerprint density at radius 2 is 2.00 bits per heavy atom. The lowest BCUT2D eigenvalue weighted by atomic mass is 9.95. The van der Waals surface area contributed by atoms with Crippen molar-refractivity contribution in [3.63, 3.8) is 0 Å². The Labute approximate surface area is 150 Å². The molecule has 0 aliphatic carbocycles. The lowest BCUT2D eigenvalue weighted by Crippen LogP contribution is -2.60. The van der Waals surface area contributed by atoms with Gasteiger partial charge in [-0.15, -0.1) is 11.3 Å². The molecule has 2 aliphatic rings. The minimum absolute atomic E-state index is 0.000838. The van der Waals surface area contributed by atoms with Crippen molar-refractivity contribution < 1.29 is 19.1 Å². The second-order valence-electron chi connectivity index (χ2n) is 6.32. The number of piperidine rings is 1. The minimum atomic E-state index is -0.751. The molecule has 2 fully saturated rings. The molecule has 0 bridgehead atoms. The predicted octanol–water partition coefficient (Wildman–Crippen LogP) is 0.574.